The Morgan fingerprint density at radius 1 is 1.25 bits per heavy atom. The summed E-state index contributed by atoms with van der Waals surface area (Å²) in [6.45, 7) is 2.75. The van der Waals surface area contributed by atoms with Gasteiger partial charge in [-0.1, -0.05) is 47.6 Å². The Bertz CT molecular complexity index is 703. The molecule has 2 aromatic heterocycles. The van der Waals surface area contributed by atoms with Crippen LogP contribution in [-0.2, 0) is 6.54 Å². The van der Waals surface area contributed by atoms with Crippen molar-refractivity contribution in [3.05, 3.63) is 30.3 Å². The number of hydrogen-bond donors (Lipinski definition) is 1. The van der Waals surface area contributed by atoms with Crippen LogP contribution in [-0.4, -0.2) is 25.1 Å². The summed E-state index contributed by atoms with van der Waals surface area (Å²) in [5.74, 6) is 1.23. The van der Waals surface area contributed by atoms with E-state index in [4.69, 9.17) is 10.3 Å². The summed E-state index contributed by atoms with van der Waals surface area (Å²) in [5, 5.41) is 11.9. The molecule has 0 fully saturated rings. The van der Waals surface area contributed by atoms with Crippen molar-refractivity contribution in [2.75, 3.05) is 5.73 Å². The van der Waals surface area contributed by atoms with E-state index < -0.39 is 0 Å². The normalized spacial score (nSPS) is 10.8. The number of nitrogens with zero attached hydrogens (tertiary/aromatic N) is 5. The third kappa shape index (κ3) is 2.13. The molecule has 0 spiro atoms. The van der Waals surface area contributed by atoms with Gasteiger partial charge in [-0.25, -0.2) is 4.68 Å². The fourth-order valence-electron chi connectivity index (χ4n) is 1.87. The molecule has 3 aromatic rings. The fraction of sp³-hybridized carbons (Fsp3) is 0.231. The number of nitrogen functional groups attached to an aromatic ring is 1. The van der Waals surface area contributed by atoms with Crippen molar-refractivity contribution in [1.29, 1.82) is 0 Å². The molecule has 0 aliphatic carbocycles. The predicted octanol–water partition coefficient (Wildman–Crippen LogP) is 1.99. The van der Waals surface area contributed by atoms with Crippen LogP contribution in [0.3, 0.4) is 0 Å². The molecule has 0 amide bonds. The molecule has 0 atom stereocenters. The van der Waals surface area contributed by atoms with E-state index in [0.717, 1.165) is 12.0 Å². The van der Waals surface area contributed by atoms with Crippen LogP contribution in [0.25, 0.3) is 23.0 Å². The molecule has 2 N–H and O–H groups in total. The van der Waals surface area contributed by atoms with Gasteiger partial charge in [0.2, 0.25) is 5.82 Å². The van der Waals surface area contributed by atoms with Crippen LogP contribution in [0.5, 0.6) is 0 Å². The molecule has 0 aliphatic heterocycles. The Labute approximate surface area is 115 Å². The molecule has 0 saturated carbocycles. The van der Waals surface area contributed by atoms with Crippen molar-refractivity contribution in [2.45, 2.75) is 19.9 Å². The van der Waals surface area contributed by atoms with Gasteiger partial charge in [0.15, 0.2) is 11.5 Å². The highest BCUT2D eigenvalue weighted by Gasteiger charge is 2.18. The molecule has 0 aliphatic rings. The highest BCUT2D eigenvalue weighted by molar-refractivity contribution is 5.64. The smallest absolute Gasteiger partial charge is 0.282 e. The second-order valence-corrected chi connectivity index (χ2v) is 4.34. The standard InChI is InChI=1S/C13H14N6O/c1-2-8-19-11(14)10(16-18-19)13-15-12(17-20-13)9-6-4-3-5-7-9/h3-7H,2,8,14H2,1H3. The second-order valence-electron chi connectivity index (χ2n) is 4.34. The highest BCUT2D eigenvalue weighted by Crippen LogP contribution is 2.24. The average molecular weight is 270 g/mol. The van der Waals surface area contributed by atoms with Crippen molar-refractivity contribution < 1.29 is 4.52 Å². The van der Waals surface area contributed by atoms with E-state index in [1.54, 1.807) is 4.68 Å². The molecule has 1 aromatic carbocycles. The zero-order valence-electron chi connectivity index (χ0n) is 11.0. The molecule has 7 nitrogen and oxygen atoms in total. The fourth-order valence-corrected chi connectivity index (χ4v) is 1.87. The quantitative estimate of drug-likeness (QED) is 0.778. The first kappa shape index (κ1) is 12.3. The molecule has 7 heteroatoms. The lowest BCUT2D eigenvalue weighted by Crippen LogP contribution is -2.04. The van der Waals surface area contributed by atoms with Crippen molar-refractivity contribution in [3.8, 4) is 23.0 Å². The number of benzene rings is 1. The summed E-state index contributed by atoms with van der Waals surface area (Å²) in [4.78, 5) is 4.31. The maximum absolute atomic E-state index is 5.98. The molecular formula is C13H14N6O. The zero-order valence-corrected chi connectivity index (χ0v) is 11.0. The van der Waals surface area contributed by atoms with Gasteiger partial charge in [-0.3, -0.25) is 0 Å². The van der Waals surface area contributed by atoms with Gasteiger partial charge >= 0.3 is 0 Å². The summed E-state index contributed by atoms with van der Waals surface area (Å²) in [5.41, 5.74) is 7.28. The van der Waals surface area contributed by atoms with Crippen molar-refractivity contribution in [2.24, 2.45) is 0 Å². The van der Waals surface area contributed by atoms with Crippen LogP contribution in [0, 0.1) is 0 Å². The number of aromatic nitrogens is 5. The van der Waals surface area contributed by atoms with E-state index in [9.17, 15) is 0 Å². The molecular weight excluding hydrogens is 256 g/mol. The van der Waals surface area contributed by atoms with E-state index in [-0.39, 0.29) is 5.89 Å². The minimum absolute atomic E-state index is 0.281. The zero-order chi connectivity index (χ0) is 13.9. The Balaban J connectivity index is 1.94. The Hall–Kier alpha value is -2.70. The largest absolute Gasteiger partial charge is 0.382 e. The van der Waals surface area contributed by atoms with E-state index >= 15 is 0 Å². The van der Waals surface area contributed by atoms with Gasteiger partial charge in [-0.15, -0.1) is 5.10 Å². The van der Waals surface area contributed by atoms with Gasteiger partial charge in [0.25, 0.3) is 5.89 Å². The van der Waals surface area contributed by atoms with Gasteiger partial charge in [0.1, 0.15) is 0 Å². The van der Waals surface area contributed by atoms with Gasteiger partial charge in [0.05, 0.1) is 0 Å². The summed E-state index contributed by atoms with van der Waals surface area (Å²) in [6, 6.07) is 9.57. The lowest BCUT2D eigenvalue weighted by atomic mass is 10.2. The molecule has 20 heavy (non-hydrogen) atoms. The summed E-state index contributed by atoms with van der Waals surface area (Å²) in [6.07, 6.45) is 0.923. The Kier molecular flexibility index (Phi) is 3.16. The number of rotatable bonds is 4. The van der Waals surface area contributed by atoms with E-state index in [2.05, 4.69) is 20.5 Å². The topological polar surface area (TPSA) is 95.6 Å². The summed E-state index contributed by atoms with van der Waals surface area (Å²) < 4.78 is 6.85. The molecule has 0 unspecified atom stereocenters. The number of aryl methyl sites for hydroxylation is 1. The van der Waals surface area contributed by atoms with Gasteiger partial charge < -0.3 is 10.3 Å². The second kappa shape index (κ2) is 5.12. The average Bonchev–Trinajstić information content (AvgIpc) is 3.08. The lowest BCUT2D eigenvalue weighted by molar-refractivity contribution is 0.431. The van der Waals surface area contributed by atoms with E-state index in [0.29, 0.717) is 23.9 Å². The van der Waals surface area contributed by atoms with Crippen LogP contribution in [0.2, 0.25) is 0 Å². The lowest BCUT2D eigenvalue weighted by Gasteiger charge is -1.98. The SMILES string of the molecule is CCCn1nnc(-c2nc(-c3ccccc3)no2)c1N. The summed E-state index contributed by atoms with van der Waals surface area (Å²) >= 11 is 0. The van der Waals surface area contributed by atoms with Gasteiger partial charge in [0, 0.05) is 12.1 Å². The Morgan fingerprint density at radius 3 is 2.80 bits per heavy atom. The maximum Gasteiger partial charge on any atom is 0.282 e. The highest BCUT2D eigenvalue weighted by atomic mass is 16.5. The molecule has 0 bridgehead atoms. The van der Waals surface area contributed by atoms with Crippen LogP contribution in [0.4, 0.5) is 5.82 Å². The predicted molar refractivity (Wildman–Crippen MR) is 73.5 cm³/mol. The molecule has 0 radical (unpaired) electrons. The molecule has 0 saturated heterocycles. The third-order valence-corrected chi connectivity index (χ3v) is 2.87. The Morgan fingerprint density at radius 2 is 2.05 bits per heavy atom. The van der Waals surface area contributed by atoms with Crippen LogP contribution < -0.4 is 5.73 Å². The summed E-state index contributed by atoms with van der Waals surface area (Å²) in [7, 11) is 0. The molecule has 2 heterocycles. The van der Waals surface area contributed by atoms with Crippen LogP contribution in [0.1, 0.15) is 13.3 Å². The first-order valence-electron chi connectivity index (χ1n) is 6.38. The number of nitrogens with two attached hydrogens (primary N) is 1. The van der Waals surface area contributed by atoms with E-state index in [1.807, 2.05) is 37.3 Å². The number of anilines is 1. The third-order valence-electron chi connectivity index (χ3n) is 2.87. The first-order chi connectivity index (χ1) is 9.79. The minimum atomic E-state index is 0.281. The van der Waals surface area contributed by atoms with Crippen molar-refractivity contribution in [3.63, 3.8) is 0 Å². The van der Waals surface area contributed by atoms with E-state index in [1.165, 1.54) is 0 Å². The maximum atomic E-state index is 5.98. The van der Waals surface area contributed by atoms with Crippen molar-refractivity contribution in [1.82, 2.24) is 25.1 Å². The van der Waals surface area contributed by atoms with Gasteiger partial charge in [-0.2, -0.15) is 4.98 Å². The molecule has 3 rings (SSSR count). The van der Waals surface area contributed by atoms with Gasteiger partial charge in [-0.05, 0) is 6.42 Å². The number of hydrogen-bond acceptors (Lipinski definition) is 6. The van der Waals surface area contributed by atoms with Crippen molar-refractivity contribution >= 4 is 5.82 Å². The monoisotopic (exact) mass is 270 g/mol. The molecule has 102 valence electrons. The van der Waals surface area contributed by atoms with Crippen LogP contribution in [0.15, 0.2) is 34.9 Å². The first-order valence-corrected chi connectivity index (χ1v) is 6.38. The minimum Gasteiger partial charge on any atom is -0.382 e. The van der Waals surface area contributed by atoms with Crippen LogP contribution >= 0.6 is 0 Å².